The average Bonchev–Trinajstić information content (AvgIpc) is 1.69. The quantitative estimate of drug-likeness (QED) is 0.0685. The first-order valence-corrected chi connectivity index (χ1v) is 30.7. The molecule has 396 valence electrons. The van der Waals surface area contributed by atoms with Crippen molar-refractivity contribution in [2.45, 2.75) is 51.2 Å². The van der Waals surface area contributed by atoms with Crippen molar-refractivity contribution in [3.05, 3.63) is 283 Å². The molecular formula is C81H60S2. The number of hydrogen-bond donors (Lipinski definition) is 1. The minimum absolute atomic E-state index is 0.102. The van der Waals surface area contributed by atoms with E-state index in [9.17, 15) is 0 Å². The van der Waals surface area contributed by atoms with Gasteiger partial charge in [-0.15, -0.1) is 24.4 Å². The highest BCUT2D eigenvalue weighted by atomic mass is 32.2. The van der Waals surface area contributed by atoms with Gasteiger partial charge in [-0.1, -0.05) is 221 Å². The first-order valence-electron chi connectivity index (χ1n) is 29.3. The van der Waals surface area contributed by atoms with Crippen LogP contribution in [0.3, 0.4) is 0 Å². The number of aryl methyl sites for hydroxylation is 1. The summed E-state index contributed by atoms with van der Waals surface area (Å²) in [6.07, 6.45) is 26.5. The van der Waals surface area contributed by atoms with Crippen molar-refractivity contribution < 1.29 is 0 Å². The molecule has 0 N–H and O–H groups in total. The molecule has 0 nitrogen and oxygen atoms in total. The fourth-order valence-corrected chi connectivity index (χ4v) is 16.4. The van der Waals surface area contributed by atoms with Crippen LogP contribution in [-0.2, 0) is 0 Å². The number of thiol groups is 1. The normalized spacial score (nSPS) is 19.8. The van der Waals surface area contributed by atoms with E-state index < -0.39 is 0 Å². The van der Waals surface area contributed by atoms with Crippen LogP contribution in [0.25, 0.3) is 127 Å². The maximum atomic E-state index is 5.07. The summed E-state index contributed by atoms with van der Waals surface area (Å²) in [4.78, 5) is 2.44. The summed E-state index contributed by atoms with van der Waals surface area (Å²) in [5.41, 5.74) is 14.5. The molecule has 0 saturated heterocycles. The Bertz CT molecular complexity index is 5490. The zero-order valence-electron chi connectivity index (χ0n) is 47.4. The van der Waals surface area contributed by atoms with Crippen molar-refractivity contribution in [1.82, 2.24) is 0 Å². The molecule has 0 aromatic heterocycles. The van der Waals surface area contributed by atoms with Gasteiger partial charge in [-0.2, -0.15) is 0 Å². The standard InChI is InChI=1S/C81H60S2/c1-8-18-50(39-47(6)53-27-17-28-69(53)82)73-52-42-65-56(32-30-45(4)48(7)72(57-23-13-14-24-58(57)73)51-31-38-71-67(41-51)70(83-71)37-29-44(2)3)61-33-35-64-77-63(36-34-62(76(61)77)66(65)43-52)79-74(54-21-11-9-19-46(54)5)68-40-49-20-10-12-22-55(49)75-59-25-15-16-26-60(59)78(80(64)79)81(68)75/h8-27,29-44,52,70,82H,1,7,28H2,2-6H3/b37-29-,45-30+,47-39+,50-18+,56-32-,72-57+,73-58+. The molecule has 2 unspecified atom stereocenters. The van der Waals surface area contributed by atoms with Gasteiger partial charge in [-0.05, 0) is 235 Å². The summed E-state index contributed by atoms with van der Waals surface area (Å²) in [7, 11) is 0. The Labute approximate surface area is 493 Å². The molecule has 12 aromatic rings. The maximum Gasteiger partial charge on any atom is 0.0536 e. The molecule has 1 aliphatic heterocycles. The van der Waals surface area contributed by atoms with Crippen LogP contribution in [0.15, 0.2) is 245 Å². The number of thioether (sulfide) groups is 1. The molecule has 4 aliphatic rings. The fraction of sp³-hybridized carbons (Fsp3) is 0.111. The number of allylic oxidation sites excluding steroid dienone is 13. The fourth-order valence-electron chi connectivity index (χ4n) is 15.0. The van der Waals surface area contributed by atoms with E-state index in [1.54, 1.807) is 0 Å². The molecule has 2 atom stereocenters. The molecule has 16 rings (SSSR count). The summed E-state index contributed by atoms with van der Waals surface area (Å²) in [6.45, 7) is 20.7. The van der Waals surface area contributed by atoms with Gasteiger partial charge in [0.05, 0.1) is 5.25 Å². The van der Waals surface area contributed by atoms with Gasteiger partial charge in [0.2, 0.25) is 0 Å². The summed E-state index contributed by atoms with van der Waals surface area (Å²) in [5, 5.41) is 27.6. The van der Waals surface area contributed by atoms with Crippen LogP contribution >= 0.6 is 24.4 Å². The Morgan fingerprint density at radius 3 is 2.06 bits per heavy atom. The van der Waals surface area contributed by atoms with Crippen molar-refractivity contribution in [2.24, 2.45) is 11.8 Å². The van der Waals surface area contributed by atoms with Gasteiger partial charge in [0.15, 0.2) is 0 Å². The third-order valence-corrected chi connectivity index (χ3v) is 20.4. The lowest BCUT2D eigenvalue weighted by Crippen LogP contribution is -2.38. The summed E-state index contributed by atoms with van der Waals surface area (Å²) in [5.74, 6) is 0.386. The second kappa shape index (κ2) is 18.9. The van der Waals surface area contributed by atoms with Crippen LogP contribution in [0.5, 0.6) is 0 Å². The van der Waals surface area contributed by atoms with E-state index in [1.165, 1.54) is 162 Å². The van der Waals surface area contributed by atoms with Crippen molar-refractivity contribution in [1.29, 1.82) is 0 Å². The number of hydrogen-bond acceptors (Lipinski definition) is 2. The molecular weight excluding hydrogens is 1040 g/mol. The van der Waals surface area contributed by atoms with Crippen molar-refractivity contribution in [3.8, 4) is 11.1 Å². The summed E-state index contributed by atoms with van der Waals surface area (Å²) < 4.78 is 0. The molecule has 0 saturated carbocycles. The van der Waals surface area contributed by atoms with Crippen LogP contribution < -0.4 is 26.1 Å². The molecule has 0 spiro atoms. The van der Waals surface area contributed by atoms with E-state index >= 15 is 0 Å². The lowest BCUT2D eigenvalue weighted by atomic mass is 9.85. The third kappa shape index (κ3) is 7.35. The van der Waals surface area contributed by atoms with Gasteiger partial charge in [-0.25, -0.2) is 0 Å². The number of rotatable bonds is 8. The van der Waals surface area contributed by atoms with E-state index in [4.69, 9.17) is 19.2 Å². The zero-order chi connectivity index (χ0) is 56.1. The van der Waals surface area contributed by atoms with Crippen LogP contribution in [0.2, 0.25) is 0 Å². The summed E-state index contributed by atoms with van der Waals surface area (Å²) >= 11 is 6.95. The minimum Gasteiger partial charge on any atom is -0.147 e. The smallest absolute Gasteiger partial charge is 0.0536 e. The maximum absolute atomic E-state index is 5.07. The van der Waals surface area contributed by atoms with E-state index in [1.807, 2.05) is 17.8 Å². The SMILES string of the molecule is C=C/C=C(\C=C(/C)C1=C(S)CC=C1)C1=c2/cccc/c2=C(\c2ccc3c(c2)C(/C=C\C(C)C)S3)C(=C)/C(C)=C/C=c2\c3c(c4ccc5c6c(-c7ccccc7C)c7cc8ccccc8c8c9ccccc9c(c6c6ccc2c4c56)c78)=CC\1C=3. The first-order chi connectivity index (χ1) is 40.6. The molecule has 3 aliphatic carbocycles. The van der Waals surface area contributed by atoms with Crippen molar-refractivity contribution in [2.75, 3.05) is 0 Å². The van der Waals surface area contributed by atoms with E-state index in [0.29, 0.717) is 11.2 Å². The van der Waals surface area contributed by atoms with Crippen LogP contribution in [0.4, 0.5) is 0 Å². The predicted octanol–water partition coefficient (Wildman–Crippen LogP) is 18.6. The molecule has 83 heavy (non-hydrogen) atoms. The lowest BCUT2D eigenvalue weighted by Gasteiger charge is -2.28. The Kier molecular flexibility index (Phi) is 11.4. The Hall–Kier alpha value is -8.66. The molecule has 2 heteroatoms. The summed E-state index contributed by atoms with van der Waals surface area (Å²) in [6, 6.07) is 55.8. The minimum atomic E-state index is -0.102. The second-order valence-electron chi connectivity index (χ2n) is 23.8. The lowest BCUT2D eigenvalue weighted by molar-refractivity contribution is 0.824. The monoisotopic (exact) mass is 1100 g/mol. The third-order valence-electron chi connectivity index (χ3n) is 18.7. The zero-order valence-corrected chi connectivity index (χ0v) is 49.1. The Balaban J connectivity index is 1.06. The van der Waals surface area contributed by atoms with Crippen LogP contribution in [-0.4, -0.2) is 0 Å². The van der Waals surface area contributed by atoms with Crippen molar-refractivity contribution in [3.63, 3.8) is 0 Å². The van der Waals surface area contributed by atoms with Gasteiger partial charge in [0.25, 0.3) is 0 Å². The predicted molar refractivity (Wildman–Crippen MR) is 366 cm³/mol. The van der Waals surface area contributed by atoms with Gasteiger partial charge in [0, 0.05) is 10.8 Å². The van der Waals surface area contributed by atoms with Gasteiger partial charge in [0.1, 0.15) is 0 Å². The number of fused-ring (bicyclic) bond motifs is 14. The average molecular weight is 1100 g/mol. The molecule has 2 bridgehead atoms. The molecule has 0 fully saturated rings. The van der Waals surface area contributed by atoms with Crippen LogP contribution in [0, 0.1) is 18.8 Å². The molecule has 0 radical (unpaired) electrons. The van der Waals surface area contributed by atoms with E-state index in [0.717, 1.165) is 33.6 Å². The first kappa shape index (κ1) is 50.1. The Morgan fingerprint density at radius 2 is 1.29 bits per heavy atom. The van der Waals surface area contributed by atoms with Gasteiger partial charge < -0.3 is 0 Å². The molecule has 1 heterocycles. The van der Waals surface area contributed by atoms with E-state index in [-0.39, 0.29) is 5.92 Å². The second-order valence-corrected chi connectivity index (χ2v) is 25.6. The highest BCUT2D eigenvalue weighted by Crippen LogP contribution is 2.56. The van der Waals surface area contributed by atoms with Crippen molar-refractivity contribution >= 4 is 140 Å². The Morgan fingerprint density at radius 1 is 0.639 bits per heavy atom. The molecule has 0 amide bonds. The highest BCUT2D eigenvalue weighted by Gasteiger charge is 2.30. The molecule has 12 aromatic carbocycles. The number of benzene rings is 10. The van der Waals surface area contributed by atoms with E-state index in [2.05, 4.69) is 248 Å². The highest BCUT2D eigenvalue weighted by molar-refractivity contribution is 8.01. The topological polar surface area (TPSA) is 0 Å². The van der Waals surface area contributed by atoms with Crippen LogP contribution in [0.1, 0.15) is 56.1 Å². The van der Waals surface area contributed by atoms with Gasteiger partial charge in [-0.3, -0.25) is 0 Å². The van der Waals surface area contributed by atoms with Gasteiger partial charge >= 0.3 is 0 Å². The largest absolute Gasteiger partial charge is 0.147 e.